The molecule has 1 saturated heterocycles. The van der Waals surface area contributed by atoms with Crippen molar-refractivity contribution in [2.45, 2.75) is 39.1 Å². The lowest BCUT2D eigenvalue weighted by molar-refractivity contribution is -0.142. The van der Waals surface area contributed by atoms with Gasteiger partial charge in [-0.25, -0.2) is 0 Å². The number of benzene rings is 1. The summed E-state index contributed by atoms with van der Waals surface area (Å²) in [4.78, 5) is 10.8. The maximum absolute atomic E-state index is 10.8. The van der Waals surface area contributed by atoms with E-state index in [0.29, 0.717) is 0 Å². The van der Waals surface area contributed by atoms with Crippen molar-refractivity contribution in [3.63, 3.8) is 0 Å². The van der Waals surface area contributed by atoms with Gasteiger partial charge in [-0.05, 0) is 18.9 Å². The lowest BCUT2D eigenvalue weighted by atomic mass is 10.2. The van der Waals surface area contributed by atoms with E-state index in [9.17, 15) is 4.79 Å². The first-order valence-corrected chi connectivity index (χ1v) is 6.25. The Balaban J connectivity index is 1.99. The monoisotopic (exact) mass is 250 g/mol. The van der Waals surface area contributed by atoms with Crippen LogP contribution in [-0.2, 0) is 20.9 Å². The molecule has 1 aliphatic heterocycles. The average molecular weight is 250 g/mol. The Morgan fingerprint density at radius 3 is 2.94 bits per heavy atom. The Hall–Kier alpha value is -1.55. The number of rotatable bonds is 4. The molecule has 0 radical (unpaired) electrons. The lowest BCUT2D eigenvalue weighted by Gasteiger charge is -2.24. The van der Waals surface area contributed by atoms with Crippen molar-refractivity contribution in [3.05, 3.63) is 29.8 Å². The molecule has 0 aliphatic carbocycles. The van der Waals surface area contributed by atoms with Crippen LogP contribution in [0.4, 0.5) is 0 Å². The second-order valence-electron chi connectivity index (χ2n) is 4.30. The van der Waals surface area contributed by atoms with Gasteiger partial charge in [-0.1, -0.05) is 18.2 Å². The zero-order chi connectivity index (χ0) is 12.8. The van der Waals surface area contributed by atoms with E-state index in [0.717, 1.165) is 37.2 Å². The molecule has 1 fully saturated rings. The van der Waals surface area contributed by atoms with Crippen LogP contribution in [0.2, 0.25) is 0 Å². The van der Waals surface area contributed by atoms with Gasteiger partial charge in [0.2, 0.25) is 0 Å². The van der Waals surface area contributed by atoms with Gasteiger partial charge in [0.15, 0.2) is 6.29 Å². The first-order chi connectivity index (χ1) is 8.75. The Kier molecular flexibility index (Phi) is 4.59. The van der Waals surface area contributed by atoms with Crippen molar-refractivity contribution in [1.29, 1.82) is 0 Å². The highest BCUT2D eigenvalue weighted by molar-refractivity contribution is 5.66. The van der Waals surface area contributed by atoms with E-state index in [1.165, 1.54) is 6.92 Å². The van der Waals surface area contributed by atoms with Gasteiger partial charge in [-0.3, -0.25) is 4.79 Å². The van der Waals surface area contributed by atoms with E-state index in [1.54, 1.807) is 0 Å². The fraction of sp³-hybridized carbons (Fsp3) is 0.500. The molecule has 0 saturated carbocycles. The maximum atomic E-state index is 10.8. The van der Waals surface area contributed by atoms with Crippen LogP contribution < -0.4 is 4.74 Å². The minimum Gasteiger partial charge on any atom is -0.465 e. The Labute approximate surface area is 107 Å². The average Bonchev–Trinajstić information content (AvgIpc) is 2.39. The van der Waals surface area contributed by atoms with Gasteiger partial charge >= 0.3 is 5.97 Å². The number of esters is 1. The number of carbonyl (C=O) groups is 1. The fourth-order valence-corrected chi connectivity index (χ4v) is 1.86. The third-order valence-corrected chi connectivity index (χ3v) is 2.80. The minimum atomic E-state index is -0.293. The maximum Gasteiger partial charge on any atom is 0.302 e. The molecule has 0 amide bonds. The molecule has 2 rings (SSSR count). The van der Waals surface area contributed by atoms with Gasteiger partial charge in [0.1, 0.15) is 12.4 Å². The number of ether oxygens (including phenoxy) is 3. The Bertz CT molecular complexity index is 397. The van der Waals surface area contributed by atoms with E-state index in [4.69, 9.17) is 14.2 Å². The molecule has 1 heterocycles. The van der Waals surface area contributed by atoms with E-state index < -0.39 is 0 Å². The number of hydrogen-bond acceptors (Lipinski definition) is 4. The first-order valence-electron chi connectivity index (χ1n) is 6.25. The molecule has 1 aromatic carbocycles. The normalized spacial score (nSPS) is 19.3. The van der Waals surface area contributed by atoms with Gasteiger partial charge in [-0.15, -0.1) is 0 Å². The van der Waals surface area contributed by atoms with Gasteiger partial charge in [-0.2, -0.15) is 0 Å². The standard InChI is InChI=1S/C14H18O4/c1-11(15)17-10-12-6-2-3-7-13(12)18-14-8-4-5-9-16-14/h2-3,6-7,14H,4-5,8-10H2,1H3. The van der Waals surface area contributed by atoms with Crippen molar-refractivity contribution in [2.24, 2.45) is 0 Å². The van der Waals surface area contributed by atoms with Crippen molar-refractivity contribution in [2.75, 3.05) is 6.61 Å². The summed E-state index contributed by atoms with van der Waals surface area (Å²) in [6.07, 6.45) is 2.94. The van der Waals surface area contributed by atoms with Gasteiger partial charge in [0, 0.05) is 18.9 Å². The SMILES string of the molecule is CC(=O)OCc1ccccc1OC1CCCCO1. The summed E-state index contributed by atoms with van der Waals surface area (Å²) < 4.78 is 16.3. The summed E-state index contributed by atoms with van der Waals surface area (Å²) >= 11 is 0. The molecule has 1 aliphatic rings. The van der Waals surface area contributed by atoms with Crippen LogP contribution in [0, 0.1) is 0 Å². The molecule has 4 heteroatoms. The zero-order valence-electron chi connectivity index (χ0n) is 10.6. The number of hydrogen-bond donors (Lipinski definition) is 0. The molecule has 98 valence electrons. The molecule has 4 nitrogen and oxygen atoms in total. The highest BCUT2D eigenvalue weighted by atomic mass is 16.7. The van der Waals surface area contributed by atoms with Crippen molar-refractivity contribution >= 4 is 5.97 Å². The highest BCUT2D eigenvalue weighted by Crippen LogP contribution is 2.23. The van der Waals surface area contributed by atoms with E-state index >= 15 is 0 Å². The van der Waals surface area contributed by atoms with E-state index in [-0.39, 0.29) is 18.9 Å². The predicted octanol–water partition coefficient (Wildman–Crippen LogP) is 2.66. The largest absolute Gasteiger partial charge is 0.465 e. The zero-order valence-corrected chi connectivity index (χ0v) is 10.6. The van der Waals surface area contributed by atoms with Gasteiger partial charge < -0.3 is 14.2 Å². The van der Waals surface area contributed by atoms with Crippen LogP contribution in [0.1, 0.15) is 31.7 Å². The van der Waals surface area contributed by atoms with Crippen LogP contribution in [0.25, 0.3) is 0 Å². The van der Waals surface area contributed by atoms with Gasteiger partial charge in [0.05, 0.1) is 6.61 Å². The molecular weight excluding hydrogens is 232 g/mol. The number of carbonyl (C=O) groups excluding carboxylic acids is 1. The second kappa shape index (κ2) is 6.40. The second-order valence-corrected chi connectivity index (χ2v) is 4.30. The summed E-state index contributed by atoms with van der Waals surface area (Å²) in [5.74, 6) is 0.435. The van der Waals surface area contributed by atoms with Gasteiger partial charge in [0.25, 0.3) is 0 Å². The fourth-order valence-electron chi connectivity index (χ4n) is 1.86. The lowest BCUT2D eigenvalue weighted by Crippen LogP contribution is -2.25. The molecule has 1 aromatic rings. The third kappa shape index (κ3) is 3.74. The summed E-state index contributed by atoms with van der Waals surface area (Å²) in [7, 11) is 0. The molecule has 0 spiro atoms. The molecular formula is C14H18O4. The molecule has 18 heavy (non-hydrogen) atoms. The van der Waals surface area contributed by atoms with E-state index in [1.807, 2.05) is 24.3 Å². The molecule has 1 atom stereocenters. The van der Waals surface area contributed by atoms with Crippen LogP contribution in [0.5, 0.6) is 5.75 Å². The minimum absolute atomic E-state index is 0.183. The Morgan fingerprint density at radius 2 is 2.22 bits per heavy atom. The molecule has 0 bridgehead atoms. The van der Waals surface area contributed by atoms with E-state index in [2.05, 4.69) is 0 Å². The molecule has 0 N–H and O–H groups in total. The first kappa shape index (κ1) is 12.9. The van der Waals surface area contributed by atoms with Crippen LogP contribution in [-0.4, -0.2) is 18.9 Å². The summed E-state index contributed by atoms with van der Waals surface area (Å²) in [5, 5.41) is 0. The molecule has 1 unspecified atom stereocenters. The predicted molar refractivity (Wildman–Crippen MR) is 66.1 cm³/mol. The highest BCUT2D eigenvalue weighted by Gasteiger charge is 2.16. The van der Waals surface area contributed by atoms with Crippen LogP contribution in [0.15, 0.2) is 24.3 Å². The van der Waals surface area contributed by atoms with Crippen molar-refractivity contribution in [3.8, 4) is 5.75 Å². The summed E-state index contributed by atoms with van der Waals surface area (Å²) in [6.45, 7) is 2.38. The Morgan fingerprint density at radius 1 is 1.39 bits per heavy atom. The quantitative estimate of drug-likeness (QED) is 0.771. The van der Waals surface area contributed by atoms with Crippen molar-refractivity contribution < 1.29 is 19.0 Å². The molecule has 0 aromatic heterocycles. The summed E-state index contributed by atoms with van der Waals surface area (Å²) in [6, 6.07) is 7.56. The van der Waals surface area contributed by atoms with Crippen LogP contribution in [0.3, 0.4) is 0 Å². The summed E-state index contributed by atoms with van der Waals surface area (Å²) in [5.41, 5.74) is 0.863. The topological polar surface area (TPSA) is 44.8 Å². The van der Waals surface area contributed by atoms with Crippen molar-refractivity contribution in [1.82, 2.24) is 0 Å². The number of para-hydroxylation sites is 1. The smallest absolute Gasteiger partial charge is 0.302 e. The van der Waals surface area contributed by atoms with Crippen LogP contribution >= 0.6 is 0 Å². The third-order valence-electron chi connectivity index (χ3n) is 2.80.